The van der Waals surface area contributed by atoms with E-state index in [-0.39, 0.29) is 24.8 Å². The summed E-state index contributed by atoms with van der Waals surface area (Å²) < 4.78 is 10.6. The van der Waals surface area contributed by atoms with Gasteiger partial charge >= 0.3 is 6.09 Å². The first kappa shape index (κ1) is 30.5. The average molecular weight is 553 g/mol. The van der Waals surface area contributed by atoms with Gasteiger partial charge in [0, 0.05) is 18.2 Å². The largest absolute Gasteiger partial charge is 0.497 e. The van der Waals surface area contributed by atoms with Gasteiger partial charge in [0.25, 0.3) is 5.91 Å². The molecule has 3 rings (SSSR count). The summed E-state index contributed by atoms with van der Waals surface area (Å²) >= 11 is 0. The van der Waals surface area contributed by atoms with E-state index in [0.29, 0.717) is 23.4 Å². The van der Waals surface area contributed by atoms with Crippen LogP contribution < -0.4 is 21.1 Å². The molecule has 0 aliphatic heterocycles. The number of hydrogen-bond acceptors (Lipinski definition) is 6. The minimum absolute atomic E-state index is 0.0361. The van der Waals surface area contributed by atoms with E-state index in [1.807, 2.05) is 32.0 Å². The summed E-state index contributed by atoms with van der Waals surface area (Å²) in [7, 11) is 1.56. The summed E-state index contributed by atoms with van der Waals surface area (Å²) in [5.74, 6) is -0.722. The molecule has 0 spiro atoms. The van der Waals surface area contributed by atoms with Crippen LogP contribution in [0.3, 0.4) is 0 Å². The van der Waals surface area contributed by atoms with Crippen molar-refractivity contribution < 1.29 is 28.7 Å². The first-order chi connectivity index (χ1) is 18.8. The highest BCUT2D eigenvalue weighted by molar-refractivity contribution is 5.99. The number of carbonyl (C=O) groups is 4. The topological polar surface area (TPSA) is 140 Å². The summed E-state index contributed by atoms with van der Waals surface area (Å²) in [4.78, 5) is 54.0. The van der Waals surface area contributed by atoms with Crippen molar-refractivity contribution in [2.45, 2.75) is 77.6 Å². The molecule has 0 saturated heterocycles. The van der Waals surface area contributed by atoms with Crippen LogP contribution in [0.1, 0.15) is 64.1 Å². The van der Waals surface area contributed by atoms with Crippen molar-refractivity contribution in [3.8, 4) is 5.75 Å². The SMILES string of the molecule is COc1ccc(NC(=O)C(c2cccc(C)c2)N(C(=O)C(CCC(N)=O)NC(=O)OC(C)(C)C)C2CC2C)cc1. The number of primary amides is 1. The number of nitrogens with one attached hydrogen (secondary N) is 2. The first-order valence-corrected chi connectivity index (χ1v) is 13.4. The van der Waals surface area contributed by atoms with Gasteiger partial charge < -0.3 is 30.7 Å². The molecule has 4 unspecified atom stereocenters. The van der Waals surface area contributed by atoms with Crippen molar-refractivity contribution >= 4 is 29.5 Å². The first-order valence-electron chi connectivity index (χ1n) is 13.4. The van der Waals surface area contributed by atoms with Crippen molar-refractivity contribution in [3.63, 3.8) is 0 Å². The Bertz CT molecular complexity index is 1220. The number of alkyl carbamates (subject to hydrolysis) is 1. The lowest BCUT2D eigenvalue weighted by molar-refractivity contribution is -0.142. The van der Waals surface area contributed by atoms with E-state index in [0.717, 1.165) is 5.56 Å². The van der Waals surface area contributed by atoms with Crippen LogP contribution in [0, 0.1) is 12.8 Å². The molecule has 0 radical (unpaired) electrons. The van der Waals surface area contributed by atoms with E-state index in [2.05, 4.69) is 10.6 Å². The van der Waals surface area contributed by atoms with Gasteiger partial charge in [-0.1, -0.05) is 36.8 Å². The highest BCUT2D eigenvalue weighted by atomic mass is 16.6. The van der Waals surface area contributed by atoms with Crippen molar-refractivity contribution in [1.82, 2.24) is 10.2 Å². The number of amides is 4. The molecular formula is C30H40N4O6. The molecule has 4 N–H and O–H groups in total. The van der Waals surface area contributed by atoms with Gasteiger partial charge in [0.15, 0.2) is 0 Å². The molecule has 4 atom stereocenters. The maximum absolute atomic E-state index is 14.2. The van der Waals surface area contributed by atoms with E-state index >= 15 is 0 Å². The molecule has 40 heavy (non-hydrogen) atoms. The standard InChI is InChI=1S/C30H40N4O6/c1-18-8-7-9-20(16-18)26(27(36)32-21-10-12-22(39-6)13-11-21)34(24-17-19(24)2)28(37)23(14-15-25(31)35)33-29(38)40-30(3,4)5/h7-13,16,19,23-24,26H,14-15,17H2,1-6H3,(H2,31,35)(H,32,36)(H,33,38). The molecule has 0 bridgehead atoms. The van der Waals surface area contributed by atoms with Crippen molar-refractivity contribution in [2.24, 2.45) is 11.7 Å². The number of ether oxygens (including phenoxy) is 2. The molecule has 2 aromatic carbocycles. The van der Waals surface area contributed by atoms with Crippen LogP contribution in [-0.4, -0.2) is 53.5 Å². The molecule has 1 fully saturated rings. The highest BCUT2D eigenvalue weighted by Crippen LogP contribution is 2.41. The molecule has 10 nitrogen and oxygen atoms in total. The van der Waals surface area contributed by atoms with Crippen molar-refractivity contribution in [1.29, 1.82) is 0 Å². The van der Waals surface area contributed by atoms with E-state index < -0.39 is 41.5 Å². The minimum atomic E-state index is -1.13. The third-order valence-corrected chi connectivity index (χ3v) is 6.59. The molecule has 4 amide bonds. The van der Waals surface area contributed by atoms with Gasteiger partial charge in [0.1, 0.15) is 23.4 Å². The number of anilines is 1. The van der Waals surface area contributed by atoms with Crippen LogP contribution in [0.4, 0.5) is 10.5 Å². The number of nitrogens with zero attached hydrogens (tertiary/aromatic N) is 1. The Morgan fingerprint density at radius 3 is 2.27 bits per heavy atom. The fourth-order valence-electron chi connectivity index (χ4n) is 4.51. The van der Waals surface area contributed by atoms with E-state index in [1.54, 1.807) is 63.1 Å². The van der Waals surface area contributed by atoms with Crippen LogP contribution in [0.25, 0.3) is 0 Å². The fraction of sp³-hybridized carbons (Fsp3) is 0.467. The molecule has 1 aliphatic carbocycles. The van der Waals surface area contributed by atoms with Gasteiger partial charge in [-0.25, -0.2) is 4.79 Å². The minimum Gasteiger partial charge on any atom is -0.497 e. The number of hydrogen-bond donors (Lipinski definition) is 3. The second kappa shape index (κ2) is 12.8. The summed E-state index contributed by atoms with van der Waals surface area (Å²) in [6.45, 7) is 9.04. The second-order valence-electron chi connectivity index (χ2n) is 11.3. The van der Waals surface area contributed by atoms with Gasteiger partial charge in [-0.2, -0.15) is 0 Å². The number of carbonyl (C=O) groups excluding carboxylic acids is 4. The zero-order chi connectivity index (χ0) is 29.6. The number of rotatable bonds is 11. The predicted molar refractivity (Wildman–Crippen MR) is 152 cm³/mol. The summed E-state index contributed by atoms with van der Waals surface area (Å²) in [5.41, 5.74) is 6.68. The number of methoxy groups -OCH3 is 1. The number of nitrogens with two attached hydrogens (primary N) is 1. The number of aryl methyl sites for hydroxylation is 1. The fourth-order valence-corrected chi connectivity index (χ4v) is 4.51. The van der Waals surface area contributed by atoms with Crippen LogP contribution in [0.15, 0.2) is 48.5 Å². The number of benzene rings is 2. The lowest BCUT2D eigenvalue weighted by Gasteiger charge is -2.35. The molecule has 1 saturated carbocycles. The zero-order valence-electron chi connectivity index (χ0n) is 24.0. The second-order valence-corrected chi connectivity index (χ2v) is 11.3. The molecule has 216 valence electrons. The monoisotopic (exact) mass is 552 g/mol. The van der Waals surface area contributed by atoms with Gasteiger partial charge in [-0.3, -0.25) is 14.4 Å². The van der Waals surface area contributed by atoms with Gasteiger partial charge in [-0.05, 0) is 76.3 Å². The quantitative estimate of drug-likeness (QED) is 0.384. The third-order valence-electron chi connectivity index (χ3n) is 6.59. The smallest absolute Gasteiger partial charge is 0.408 e. The average Bonchev–Trinajstić information content (AvgIpc) is 3.59. The molecule has 0 heterocycles. The van der Waals surface area contributed by atoms with Crippen molar-refractivity contribution in [2.75, 3.05) is 12.4 Å². The molecule has 0 aromatic heterocycles. The third kappa shape index (κ3) is 8.46. The summed E-state index contributed by atoms with van der Waals surface area (Å²) in [6, 6.07) is 11.9. The van der Waals surface area contributed by atoms with E-state index in [9.17, 15) is 19.2 Å². The van der Waals surface area contributed by atoms with Crippen LogP contribution >= 0.6 is 0 Å². The molecule has 2 aromatic rings. The molecule has 1 aliphatic rings. The van der Waals surface area contributed by atoms with Gasteiger partial charge in [0.2, 0.25) is 11.8 Å². The molecular weight excluding hydrogens is 512 g/mol. The molecule has 10 heteroatoms. The zero-order valence-corrected chi connectivity index (χ0v) is 24.0. The maximum atomic E-state index is 14.2. The Labute approximate surface area is 235 Å². The summed E-state index contributed by atoms with van der Waals surface area (Å²) in [6.07, 6.45) is -0.272. The predicted octanol–water partition coefficient (Wildman–Crippen LogP) is 4.08. The normalized spacial score (nSPS) is 17.6. The summed E-state index contributed by atoms with van der Waals surface area (Å²) in [5, 5.41) is 5.55. The Morgan fingerprint density at radius 1 is 1.10 bits per heavy atom. The van der Waals surface area contributed by atoms with Gasteiger partial charge in [-0.15, -0.1) is 0 Å². The van der Waals surface area contributed by atoms with Crippen LogP contribution in [0.2, 0.25) is 0 Å². The van der Waals surface area contributed by atoms with Crippen molar-refractivity contribution in [3.05, 3.63) is 59.7 Å². The van der Waals surface area contributed by atoms with Crippen LogP contribution in [0.5, 0.6) is 5.75 Å². The Hall–Kier alpha value is -4.08. The van der Waals surface area contributed by atoms with Crippen LogP contribution in [-0.2, 0) is 19.1 Å². The lowest BCUT2D eigenvalue weighted by atomic mass is 9.99. The highest BCUT2D eigenvalue weighted by Gasteiger charge is 2.48. The maximum Gasteiger partial charge on any atom is 0.408 e. The lowest BCUT2D eigenvalue weighted by Crippen LogP contribution is -2.53. The Kier molecular flexibility index (Phi) is 9.78. The van der Waals surface area contributed by atoms with E-state index in [1.165, 1.54) is 0 Å². The Balaban J connectivity index is 2.01. The Morgan fingerprint density at radius 2 is 1.75 bits per heavy atom. The van der Waals surface area contributed by atoms with E-state index in [4.69, 9.17) is 15.2 Å². The van der Waals surface area contributed by atoms with Gasteiger partial charge in [0.05, 0.1) is 7.11 Å².